The van der Waals surface area contributed by atoms with Crippen LogP contribution < -0.4 is 5.30 Å². The Bertz CT molecular complexity index is 334. The molecule has 1 aliphatic heterocycles. The average molecular weight is 196 g/mol. The van der Waals surface area contributed by atoms with Crippen molar-refractivity contribution in [1.29, 1.82) is 0 Å². The van der Waals surface area contributed by atoms with Gasteiger partial charge in [0.05, 0.1) is 0 Å². The van der Waals surface area contributed by atoms with Crippen LogP contribution in [0.3, 0.4) is 0 Å². The highest BCUT2D eigenvalue weighted by molar-refractivity contribution is 7.72. The van der Waals surface area contributed by atoms with Crippen LogP contribution >= 0.6 is 7.14 Å². The highest BCUT2D eigenvalue weighted by Crippen LogP contribution is 2.55. The molecule has 2 nitrogen and oxygen atoms in total. The summed E-state index contributed by atoms with van der Waals surface area (Å²) in [4.78, 5) is 0. The Morgan fingerprint density at radius 2 is 2.00 bits per heavy atom. The smallest absolute Gasteiger partial charge is 0.142 e. The average Bonchev–Trinajstić information content (AvgIpc) is 2.50. The molecule has 1 aromatic rings. The maximum absolute atomic E-state index is 12.3. The Hall–Kier alpha value is -0.590. The van der Waals surface area contributed by atoms with Crippen LogP contribution in [0.25, 0.3) is 0 Å². The Balaban J connectivity index is 2.40. The van der Waals surface area contributed by atoms with Gasteiger partial charge in [-0.1, -0.05) is 30.3 Å². The summed E-state index contributed by atoms with van der Waals surface area (Å²) >= 11 is 0. The largest absolute Gasteiger partial charge is 0.385 e. The van der Waals surface area contributed by atoms with Gasteiger partial charge in [0.25, 0.3) is 0 Å². The molecule has 1 N–H and O–H groups in total. The molecule has 70 valence electrons. The van der Waals surface area contributed by atoms with Crippen molar-refractivity contribution in [3.63, 3.8) is 0 Å². The predicted octanol–water partition coefficient (Wildman–Crippen LogP) is 1.79. The lowest BCUT2D eigenvalue weighted by Gasteiger charge is -2.15. The molecule has 1 heterocycles. The van der Waals surface area contributed by atoms with E-state index in [1.165, 1.54) is 0 Å². The van der Waals surface area contributed by atoms with Gasteiger partial charge in [-0.25, -0.2) is 0 Å². The molecule has 0 unspecified atom stereocenters. The highest BCUT2D eigenvalue weighted by atomic mass is 31.2. The summed E-state index contributed by atoms with van der Waals surface area (Å²) in [5, 5.41) is 10.5. The molecule has 13 heavy (non-hydrogen) atoms. The van der Waals surface area contributed by atoms with Crippen LogP contribution in [0.4, 0.5) is 0 Å². The van der Waals surface area contributed by atoms with Gasteiger partial charge in [-0.15, -0.1) is 0 Å². The van der Waals surface area contributed by atoms with Crippen LogP contribution in [0.1, 0.15) is 12.8 Å². The summed E-state index contributed by atoms with van der Waals surface area (Å²) < 4.78 is 12.3. The highest BCUT2D eigenvalue weighted by Gasteiger charge is 2.37. The molecule has 0 aliphatic carbocycles. The van der Waals surface area contributed by atoms with Crippen LogP contribution in [0.15, 0.2) is 30.3 Å². The van der Waals surface area contributed by atoms with Gasteiger partial charge in [0.2, 0.25) is 0 Å². The zero-order valence-electron chi connectivity index (χ0n) is 7.39. The van der Waals surface area contributed by atoms with E-state index in [1.54, 1.807) is 0 Å². The van der Waals surface area contributed by atoms with E-state index in [2.05, 4.69) is 0 Å². The van der Waals surface area contributed by atoms with Crippen molar-refractivity contribution < 1.29 is 9.67 Å². The van der Waals surface area contributed by atoms with E-state index >= 15 is 0 Å². The van der Waals surface area contributed by atoms with Crippen molar-refractivity contribution in [2.75, 3.05) is 6.16 Å². The van der Waals surface area contributed by atoms with Crippen molar-refractivity contribution in [2.45, 2.75) is 18.7 Å². The summed E-state index contributed by atoms with van der Waals surface area (Å²) in [5.41, 5.74) is 0. The molecule has 0 aromatic heterocycles. The van der Waals surface area contributed by atoms with E-state index in [4.69, 9.17) is 0 Å². The zero-order valence-corrected chi connectivity index (χ0v) is 8.28. The van der Waals surface area contributed by atoms with Crippen LogP contribution in [0.5, 0.6) is 0 Å². The second-order valence-corrected chi connectivity index (χ2v) is 6.63. The lowest BCUT2D eigenvalue weighted by Crippen LogP contribution is -2.12. The number of aliphatic hydroxyl groups excluding tert-OH is 1. The van der Waals surface area contributed by atoms with Crippen molar-refractivity contribution in [2.24, 2.45) is 0 Å². The first-order chi connectivity index (χ1) is 6.23. The molecule has 0 bridgehead atoms. The summed E-state index contributed by atoms with van der Waals surface area (Å²) in [6, 6.07) is 9.36. The predicted molar refractivity (Wildman–Crippen MR) is 53.8 cm³/mol. The molecule has 3 heteroatoms. The van der Waals surface area contributed by atoms with E-state index in [9.17, 15) is 9.67 Å². The molecule has 2 rings (SSSR count). The van der Waals surface area contributed by atoms with Crippen molar-refractivity contribution in [3.05, 3.63) is 30.3 Å². The minimum atomic E-state index is -2.46. The molecule has 1 aromatic carbocycles. The maximum atomic E-state index is 12.3. The number of hydrogen-bond acceptors (Lipinski definition) is 2. The maximum Gasteiger partial charge on any atom is 0.142 e. The molecular formula is C10H13O2P. The summed E-state index contributed by atoms with van der Waals surface area (Å²) in [5.74, 6) is -0.602. The first kappa shape index (κ1) is 8.98. The van der Waals surface area contributed by atoms with Gasteiger partial charge in [-0.3, -0.25) is 0 Å². The Kier molecular flexibility index (Phi) is 2.27. The first-order valence-corrected chi connectivity index (χ1v) is 6.52. The minimum absolute atomic E-state index is 0.602. The van der Waals surface area contributed by atoms with E-state index in [1.807, 2.05) is 30.3 Å². The Morgan fingerprint density at radius 3 is 2.54 bits per heavy atom. The van der Waals surface area contributed by atoms with Crippen LogP contribution in [-0.2, 0) is 4.57 Å². The van der Waals surface area contributed by atoms with Crippen LogP contribution in [0.2, 0.25) is 0 Å². The third-order valence-corrected chi connectivity index (χ3v) is 6.00. The van der Waals surface area contributed by atoms with E-state index in [0.717, 1.165) is 11.7 Å². The third kappa shape index (κ3) is 1.45. The monoisotopic (exact) mass is 196 g/mol. The molecule has 1 fully saturated rings. The lowest BCUT2D eigenvalue weighted by atomic mass is 10.4. The van der Waals surface area contributed by atoms with Crippen molar-refractivity contribution in [3.8, 4) is 0 Å². The van der Waals surface area contributed by atoms with E-state index < -0.39 is 13.0 Å². The fourth-order valence-electron chi connectivity index (χ4n) is 1.85. The fourth-order valence-corrected chi connectivity index (χ4v) is 4.68. The zero-order chi connectivity index (χ0) is 9.31. The number of rotatable bonds is 1. The molecule has 1 saturated heterocycles. The normalized spacial score (nSPS) is 33.5. The fraction of sp³-hybridized carbons (Fsp3) is 0.400. The second kappa shape index (κ2) is 3.28. The topological polar surface area (TPSA) is 37.3 Å². The van der Waals surface area contributed by atoms with E-state index in [-0.39, 0.29) is 0 Å². The molecular weight excluding hydrogens is 183 g/mol. The van der Waals surface area contributed by atoms with Gasteiger partial charge in [0, 0.05) is 11.5 Å². The first-order valence-electron chi connectivity index (χ1n) is 4.56. The SMILES string of the molecule is O=[P@]1(c2ccccc2)CCC[C@@H]1O. The van der Waals surface area contributed by atoms with Gasteiger partial charge in [-0.05, 0) is 12.8 Å². The van der Waals surface area contributed by atoms with Crippen molar-refractivity contribution in [1.82, 2.24) is 0 Å². The van der Waals surface area contributed by atoms with Gasteiger partial charge in [0.15, 0.2) is 0 Å². The molecule has 0 amide bonds. The van der Waals surface area contributed by atoms with E-state index in [0.29, 0.717) is 12.6 Å². The molecule has 0 radical (unpaired) electrons. The summed E-state index contributed by atoms with van der Waals surface area (Å²) in [6.45, 7) is 0. The lowest BCUT2D eigenvalue weighted by molar-refractivity contribution is 0.249. The quantitative estimate of drug-likeness (QED) is 0.695. The van der Waals surface area contributed by atoms with Crippen LogP contribution in [-0.4, -0.2) is 17.1 Å². The number of hydrogen-bond donors (Lipinski definition) is 1. The molecule has 0 saturated carbocycles. The van der Waals surface area contributed by atoms with Crippen molar-refractivity contribution >= 4 is 12.4 Å². The van der Waals surface area contributed by atoms with Gasteiger partial charge >= 0.3 is 0 Å². The molecule has 1 aliphatic rings. The summed E-state index contributed by atoms with van der Waals surface area (Å²) in [6.07, 6.45) is 2.23. The molecule has 2 atom stereocenters. The number of benzene rings is 1. The standard InChI is InChI=1S/C10H13O2P/c11-10-7-4-8-13(10,12)9-5-2-1-3-6-9/h1-3,5-6,10-11H,4,7-8H2/t10-,13+/m1/s1. The Labute approximate surface area is 78.0 Å². The second-order valence-electron chi connectivity index (χ2n) is 3.48. The van der Waals surface area contributed by atoms with Crippen LogP contribution in [0, 0.1) is 0 Å². The molecule has 0 spiro atoms. The van der Waals surface area contributed by atoms with Gasteiger partial charge in [-0.2, -0.15) is 0 Å². The Morgan fingerprint density at radius 1 is 1.31 bits per heavy atom. The third-order valence-electron chi connectivity index (χ3n) is 2.63. The minimum Gasteiger partial charge on any atom is -0.385 e. The van der Waals surface area contributed by atoms with Gasteiger partial charge < -0.3 is 9.67 Å². The van der Waals surface area contributed by atoms with Gasteiger partial charge in [0.1, 0.15) is 13.0 Å². The number of aliphatic hydroxyl groups is 1. The summed E-state index contributed by atoms with van der Waals surface area (Å²) in [7, 11) is -2.46.